The van der Waals surface area contributed by atoms with E-state index in [1.54, 1.807) is 6.92 Å². The van der Waals surface area contributed by atoms with Gasteiger partial charge in [-0.25, -0.2) is 0 Å². The number of carbonyl (C=O) groups is 1. The highest BCUT2D eigenvalue weighted by Crippen LogP contribution is 2.46. The van der Waals surface area contributed by atoms with E-state index in [1.807, 2.05) is 12.2 Å². The molecule has 2 aliphatic carbocycles. The van der Waals surface area contributed by atoms with Gasteiger partial charge in [0, 0.05) is 11.8 Å². The maximum Gasteiger partial charge on any atom is 0.327 e. The monoisotopic (exact) mass is 245 g/mol. The number of rotatable bonds is 4. The van der Waals surface area contributed by atoms with Crippen LogP contribution in [0.25, 0.3) is 0 Å². The van der Waals surface area contributed by atoms with E-state index in [1.165, 1.54) is 0 Å². The normalized spacial score (nSPS) is 26.2. The number of hydrogen-bond acceptors (Lipinski definition) is 3. The third-order valence-corrected chi connectivity index (χ3v) is 3.99. The molecule has 0 aromatic carbocycles. The maximum atomic E-state index is 12.4. The molecular weight excluding hydrogens is 226 g/mol. The second-order valence-electron chi connectivity index (χ2n) is 4.93. The Labute approximate surface area is 108 Å². The highest BCUT2D eigenvalue weighted by atomic mass is 16.5. The summed E-state index contributed by atoms with van der Waals surface area (Å²) in [4.78, 5) is 12.4. The van der Waals surface area contributed by atoms with Crippen LogP contribution in [0.4, 0.5) is 0 Å². The van der Waals surface area contributed by atoms with Gasteiger partial charge >= 0.3 is 5.97 Å². The first kappa shape index (κ1) is 12.9. The molecule has 0 saturated heterocycles. The van der Waals surface area contributed by atoms with Gasteiger partial charge in [0.1, 0.15) is 0 Å². The SMILES string of the molecule is CCOC(=O)C(C#N)([C@H]1C=CCC1)[C@H]1C=CCC1. The minimum absolute atomic E-state index is 0.00528. The Hall–Kier alpha value is -1.56. The second kappa shape index (κ2) is 5.39. The van der Waals surface area contributed by atoms with Crippen LogP contribution in [0.15, 0.2) is 24.3 Å². The smallest absolute Gasteiger partial charge is 0.327 e. The molecule has 2 atom stereocenters. The molecule has 0 saturated carbocycles. The van der Waals surface area contributed by atoms with Crippen LogP contribution in [0.3, 0.4) is 0 Å². The summed E-state index contributed by atoms with van der Waals surface area (Å²) in [6.07, 6.45) is 11.8. The molecule has 0 aromatic heterocycles. The zero-order chi connectivity index (χ0) is 13.0. The Balaban J connectivity index is 2.35. The van der Waals surface area contributed by atoms with E-state index < -0.39 is 5.41 Å². The van der Waals surface area contributed by atoms with Crippen molar-refractivity contribution in [3.63, 3.8) is 0 Å². The van der Waals surface area contributed by atoms with E-state index in [0.717, 1.165) is 25.7 Å². The molecule has 96 valence electrons. The summed E-state index contributed by atoms with van der Waals surface area (Å²) in [7, 11) is 0. The molecular formula is C15H19NO2. The van der Waals surface area contributed by atoms with E-state index in [2.05, 4.69) is 18.2 Å². The quantitative estimate of drug-likeness (QED) is 0.565. The Bertz CT molecular complexity index is 395. The average Bonchev–Trinajstić information content (AvgIpc) is 3.03. The van der Waals surface area contributed by atoms with Crippen LogP contribution in [0.5, 0.6) is 0 Å². The van der Waals surface area contributed by atoms with Gasteiger partial charge in [-0.15, -0.1) is 0 Å². The molecule has 3 heteroatoms. The van der Waals surface area contributed by atoms with E-state index >= 15 is 0 Å². The molecule has 0 aromatic rings. The van der Waals surface area contributed by atoms with Gasteiger partial charge in [-0.2, -0.15) is 5.26 Å². The zero-order valence-corrected chi connectivity index (χ0v) is 10.8. The van der Waals surface area contributed by atoms with Crippen molar-refractivity contribution in [1.82, 2.24) is 0 Å². The number of ether oxygens (including phenoxy) is 1. The summed E-state index contributed by atoms with van der Waals surface area (Å²) < 4.78 is 5.19. The predicted octanol–water partition coefficient (Wildman–Crippen LogP) is 2.99. The van der Waals surface area contributed by atoms with Crippen LogP contribution in [0.2, 0.25) is 0 Å². The van der Waals surface area contributed by atoms with Gasteiger partial charge in [0.25, 0.3) is 0 Å². The minimum Gasteiger partial charge on any atom is -0.465 e. The summed E-state index contributed by atoms with van der Waals surface area (Å²) in [5.74, 6) is -0.357. The molecule has 0 unspecified atom stereocenters. The number of nitrogens with zero attached hydrogens (tertiary/aromatic N) is 1. The predicted molar refractivity (Wildman–Crippen MR) is 68.4 cm³/mol. The first-order valence-corrected chi connectivity index (χ1v) is 6.67. The maximum absolute atomic E-state index is 12.4. The fraction of sp³-hybridized carbons (Fsp3) is 0.600. The van der Waals surface area contributed by atoms with Crippen LogP contribution in [0, 0.1) is 28.6 Å². The molecule has 0 bridgehead atoms. The van der Waals surface area contributed by atoms with Gasteiger partial charge in [-0.3, -0.25) is 4.79 Å². The lowest BCUT2D eigenvalue weighted by Gasteiger charge is -2.34. The van der Waals surface area contributed by atoms with Crippen molar-refractivity contribution in [3.05, 3.63) is 24.3 Å². The summed E-state index contributed by atoms with van der Waals surface area (Å²) in [5, 5.41) is 9.68. The lowest BCUT2D eigenvalue weighted by atomic mass is 9.66. The molecule has 0 radical (unpaired) electrons. The Morgan fingerprint density at radius 1 is 1.33 bits per heavy atom. The average molecular weight is 245 g/mol. The van der Waals surface area contributed by atoms with Crippen molar-refractivity contribution in [2.75, 3.05) is 6.61 Å². The molecule has 0 spiro atoms. The van der Waals surface area contributed by atoms with Gasteiger partial charge in [0.15, 0.2) is 5.41 Å². The standard InChI is InChI=1S/C15H19NO2/c1-2-18-14(17)15(11-16,12-7-3-4-8-12)13-9-5-6-10-13/h3,5,7,9,12-13H,2,4,6,8,10H2,1H3/t12-,13-/m0/s1. The van der Waals surface area contributed by atoms with Crippen LogP contribution < -0.4 is 0 Å². The number of hydrogen-bond donors (Lipinski definition) is 0. The summed E-state index contributed by atoms with van der Waals surface area (Å²) in [5.41, 5.74) is -1.02. The molecule has 0 N–H and O–H groups in total. The number of esters is 1. The van der Waals surface area contributed by atoms with Crippen molar-refractivity contribution in [2.45, 2.75) is 32.6 Å². The van der Waals surface area contributed by atoms with E-state index in [-0.39, 0.29) is 17.8 Å². The first-order chi connectivity index (χ1) is 8.75. The van der Waals surface area contributed by atoms with Crippen molar-refractivity contribution in [2.24, 2.45) is 17.3 Å². The van der Waals surface area contributed by atoms with Gasteiger partial charge in [0.2, 0.25) is 0 Å². The molecule has 0 heterocycles. The lowest BCUT2D eigenvalue weighted by molar-refractivity contribution is -0.156. The number of allylic oxidation sites excluding steroid dienone is 4. The second-order valence-corrected chi connectivity index (χ2v) is 4.93. The van der Waals surface area contributed by atoms with Gasteiger partial charge in [-0.1, -0.05) is 24.3 Å². The molecule has 18 heavy (non-hydrogen) atoms. The van der Waals surface area contributed by atoms with E-state index in [0.29, 0.717) is 6.61 Å². The zero-order valence-electron chi connectivity index (χ0n) is 10.8. The number of carbonyl (C=O) groups excluding carboxylic acids is 1. The Kier molecular flexibility index (Phi) is 3.86. The summed E-state index contributed by atoms with van der Waals surface area (Å²) in [6, 6.07) is 2.31. The minimum atomic E-state index is -1.02. The molecule has 2 rings (SSSR count). The lowest BCUT2D eigenvalue weighted by Crippen LogP contribution is -2.43. The topological polar surface area (TPSA) is 50.1 Å². The molecule has 0 fully saturated rings. The highest BCUT2D eigenvalue weighted by Gasteiger charge is 2.52. The summed E-state index contributed by atoms with van der Waals surface area (Å²) >= 11 is 0. The molecule has 3 nitrogen and oxygen atoms in total. The molecule has 0 amide bonds. The van der Waals surface area contributed by atoms with Crippen LogP contribution >= 0.6 is 0 Å². The van der Waals surface area contributed by atoms with E-state index in [9.17, 15) is 10.1 Å². The van der Waals surface area contributed by atoms with Crippen LogP contribution in [0.1, 0.15) is 32.6 Å². The van der Waals surface area contributed by atoms with Crippen LogP contribution in [-0.2, 0) is 9.53 Å². The third-order valence-electron chi connectivity index (χ3n) is 3.99. The van der Waals surface area contributed by atoms with Crippen molar-refractivity contribution < 1.29 is 9.53 Å². The number of nitriles is 1. The molecule has 0 aliphatic heterocycles. The molecule has 2 aliphatic rings. The van der Waals surface area contributed by atoms with Crippen molar-refractivity contribution in [1.29, 1.82) is 5.26 Å². The van der Waals surface area contributed by atoms with Crippen molar-refractivity contribution >= 4 is 5.97 Å². The van der Waals surface area contributed by atoms with E-state index in [4.69, 9.17) is 4.74 Å². The largest absolute Gasteiger partial charge is 0.465 e. The van der Waals surface area contributed by atoms with Crippen molar-refractivity contribution in [3.8, 4) is 6.07 Å². The highest BCUT2D eigenvalue weighted by molar-refractivity contribution is 5.82. The summed E-state index contributed by atoms with van der Waals surface area (Å²) in [6.45, 7) is 2.12. The Morgan fingerprint density at radius 3 is 2.22 bits per heavy atom. The first-order valence-electron chi connectivity index (χ1n) is 6.67. The van der Waals surface area contributed by atoms with Crippen LogP contribution in [-0.4, -0.2) is 12.6 Å². The van der Waals surface area contributed by atoms with Gasteiger partial charge in [-0.05, 0) is 32.6 Å². The van der Waals surface area contributed by atoms with Gasteiger partial charge < -0.3 is 4.74 Å². The Morgan fingerprint density at radius 2 is 1.89 bits per heavy atom. The fourth-order valence-electron chi connectivity index (χ4n) is 3.06. The van der Waals surface area contributed by atoms with Gasteiger partial charge in [0.05, 0.1) is 12.7 Å². The third kappa shape index (κ3) is 1.96. The fourth-order valence-corrected chi connectivity index (χ4v) is 3.06.